The zero-order valence-electron chi connectivity index (χ0n) is 14.4. The molecule has 1 aromatic rings. The van der Waals surface area contributed by atoms with Gasteiger partial charge in [-0.1, -0.05) is 18.6 Å². The highest BCUT2D eigenvalue weighted by Gasteiger charge is 2.40. The maximum Gasteiger partial charge on any atom is 0.222 e. The normalized spacial score (nSPS) is 30.4. The molecule has 4 rings (SSSR count). The summed E-state index contributed by atoms with van der Waals surface area (Å²) in [4.78, 5) is 14.7. The molecule has 4 atom stereocenters. The van der Waals surface area contributed by atoms with Crippen LogP contribution in [0.5, 0.6) is 11.5 Å². The molecule has 0 radical (unpaired) electrons. The van der Waals surface area contributed by atoms with E-state index in [2.05, 4.69) is 6.92 Å². The number of hydrogen-bond acceptors (Lipinski definition) is 3. The molecular formula is C20H27NO3. The van der Waals surface area contributed by atoms with Crippen LogP contribution in [0.2, 0.25) is 0 Å². The maximum absolute atomic E-state index is 12.8. The smallest absolute Gasteiger partial charge is 0.222 e. The first-order valence-corrected chi connectivity index (χ1v) is 9.39. The Morgan fingerprint density at radius 1 is 1.21 bits per heavy atom. The van der Waals surface area contributed by atoms with E-state index >= 15 is 0 Å². The van der Waals surface area contributed by atoms with Crippen LogP contribution in [-0.4, -0.2) is 36.6 Å². The van der Waals surface area contributed by atoms with E-state index in [0.29, 0.717) is 19.1 Å². The molecule has 0 saturated heterocycles. The average Bonchev–Trinajstić information content (AvgIpc) is 3.22. The van der Waals surface area contributed by atoms with Crippen LogP contribution in [0.3, 0.4) is 0 Å². The van der Waals surface area contributed by atoms with E-state index in [1.807, 2.05) is 29.2 Å². The van der Waals surface area contributed by atoms with Crippen LogP contribution < -0.4 is 9.47 Å². The largest absolute Gasteiger partial charge is 0.486 e. The molecule has 2 saturated carbocycles. The predicted octanol–water partition coefficient (Wildman–Crippen LogP) is 3.50. The topological polar surface area (TPSA) is 38.8 Å². The van der Waals surface area contributed by atoms with Crippen molar-refractivity contribution in [3.8, 4) is 11.5 Å². The fourth-order valence-electron chi connectivity index (χ4n) is 4.79. The Morgan fingerprint density at radius 3 is 2.75 bits per heavy atom. The molecule has 3 aliphatic rings. The number of nitrogens with zero attached hydrogens (tertiary/aromatic N) is 1. The summed E-state index contributed by atoms with van der Waals surface area (Å²) >= 11 is 0. The van der Waals surface area contributed by atoms with E-state index in [0.717, 1.165) is 36.3 Å². The molecule has 4 nitrogen and oxygen atoms in total. The third-order valence-electron chi connectivity index (χ3n) is 6.05. The fourth-order valence-corrected chi connectivity index (χ4v) is 4.79. The number of rotatable bonds is 5. The van der Waals surface area contributed by atoms with Crippen LogP contribution in [0, 0.1) is 17.8 Å². The lowest BCUT2D eigenvalue weighted by atomic mass is 9.86. The first-order valence-electron chi connectivity index (χ1n) is 9.39. The Kier molecular flexibility index (Phi) is 4.38. The molecule has 4 unspecified atom stereocenters. The van der Waals surface area contributed by atoms with Gasteiger partial charge in [0, 0.05) is 13.0 Å². The molecule has 1 aromatic carbocycles. The number of likely N-dealkylation sites (N-methyl/N-ethyl adjacent to an activating group) is 1. The van der Waals surface area contributed by atoms with Crippen molar-refractivity contribution < 1.29 is 14.3 Å². The molecule has 0 aromatic heterocycles. The van der Waals surface area contributed by atoms with Gasteiger partial charge in [0.15, 0.2) is 17.6 Å². The summed E-state index contributed by atoms with van der Waals surface area (Å²) in [6.07, 6.45) is 6.00. The number of ether oxygens (including phenoxy) is 2. The summed E-state index contributed by atoms with van der Waals surface area (Å²) in [6.45, 7) is 3.91. The Hall–Kier alpha value is -1.71. The Balaban J connectivity index is 1.33. The van der Waals surface area contributed by atoms with E-state index in [1.165, 1.54) is 25.7 Å². The first-order chi connectivity index (χ1) is 11.7. The SMILES string of the molecule is CCN(CC1COc2ccccc2O1)C(=O)CC1CC2CCC1C2. The molecule has 0 spiro atoms. The molecule has 0 N–H and O–H groups in total. The van der Waals surface area contributed by atoms with Crippen LogP contribution in [0.4, 0.5) is 0 Å². The second kappa shape index (κ2) is 6.66. The summed E-state index contributed by atoms with van der Waals surface area (Å²) in [5, 5.41) is 0. The number of amides is 1. The molecule has 2 fully saturated rings. The fraction of sp³-hybridized carbons (Fsp3) is 0.650. The van der Waals surface area contributed by atoms with Crippen molar-refractivity contribution in [1.29, 1.82) is 0 Å². The van der Waals surface area contributed by atoms with Gasteiger partial charge in [0.05, 0.1) is 6.54 Å². The molecule has 130 valence electrons. The molecule has 4 heteroatoms. The van der Waals surface area contributed by atoms with Gasteiger partial charge in [0.2, 0.25) is 5.91 Å². The highest BCUT2D eigenvalue weighted by atomic mass is 16.6. The maximum atomic E-state index is 12.8. The van der Waals surface area contributed by atoms with E-state index < -0.39 is 0 Å². The molecule has 24 heavy (non-hydrogen) atoms. The lowest BCUT2D eigenvalue weighted by Gasteiger charge is -2.32. The number of fused-ring (bicyclic) bond motifs is 3. The highest BCUT2D eigenvalue weighted by molar-refractivity contribution is 5.76. The molecule has 1 aliphatic heterocycles. The predicted molar refractivity (Wildman–Crippen MR) is 92.2 cm³/mol. The molecule has 1 amide bonds. The van der Waals surface area contributed by atoms with Gasteiger partial charge < -0.3 is 14.4 Å². The lowest BCUT2D eigenvalue weighted by Crippen LogP contribution is -2.44. The molecular weight excluding hydrogens is 302 g/mol. The van der Waals surface area contributed by atoms with Crippen molar-refractivity contribution >= 4 is 5.91 Å². The highest BCUT2D eigenvalue weighted by Crippen LogP contribution is 2.49. The van der Waals surface area contributed by atoms with Gasteiger partial charge in [-0.05, 0) is 56.1 Å². The minimum Gasteiger partial charge on any atom is -0.486 e. The zero-order valence-corrected chi connectivity index (χ0v) is 14.4. The Bertz CT molecular complexity index is 602. The molecule has 2 bridgehead atoms. The van der Waals surface area contributed by atoms with Crippen molar-refractivity contribution in [3.63, 3.8) is 0 Å². The van der Waals surface area contributed by atoms with E-state index in [1.54, 1.807) is 0 Å². The summed E-state index contributed by atoms with van der Waals surface area (Å²) in [5.74, 6) is 4.19. The lowest BCUT2D eigenvalue weighted by molar-refractivity contribution is -0.134. The van der Waals surface area contributed by atoms with Gasteiger partial charge in [-0.15, -0.1) is 0 Å². The van der Waals surface area contributed by atoms with Crippen molar-refractivity contribution in [3.05, 3.63) is 24.3 Å². The van der Waals surface area contributed by atoms with Crippen molar-refractivity contribution in [2.45, 2.75) is 45.1 Å². The minimum atomic E-state index is -0.0798. The summed E-state index contributed by atoms with van der Waals surface area (Å²) in [6, 6.07) is 7.74. The number of benzene rings is 1. The van der Waals surface area contributed by atoms with Crippen LogP contribution in [0.1, 0.15) is 39.0 Å². The zero-order chi connectivity index (χ0) is 16.5. The van der Waals surface area contributed by atoms with Crippen molar-refractivity contribution in [2.75, 3.05) is 19.7 Å². The van der Waals surface area contributed by atoms with Crippen LogP contribution in [-0.2, 0) is 4.79 Å². The van der Waals surface area contributed by atoms with Gasteiger partial charge in [0.1, 0.15) is 6.61 Å². The van der Waals surface area contributed by atoms with Crippen LogP contribution in [0.25, 0.3) is 0 Å². The Labute approximate surface area is 144 Å². The summed E-state index contributed by atoms with van der Waals surface area (Å²) in [5.41, 5.74) is 0. The standard InChI is InChI=1S/C20H27NO3/c1-2-21(20(22)11-16-10-14-7-8-15(16)9-14)12-17-13-23-18-5-3-4-6-19(18)24-17/h3-6,14-17H,2,7-13H2,1H3. The summed E-state index contributed by atoms with van der Waals surface area (Å²) in [7, 11) is 0. The molecule has 1 heterocycles. The summed E-state index contributed by atoms with van der Waals surface area (Å²) < 4.78 is 11.8. The number of hydrogen-bond donors (Lipinski definition) is 0. The third kappa shape index (κ3) is 3.11. The monoisotopic (exact) mass is 329 g/mol. The number of para-hydroxylation sites is 2. The van der Waals surface area contributed by atoms with Crippen LogP contribution in [0.15, 0.2) is 24.3 Å². The number of carbonyl (C=O) groups is 1. The molecule has 2 aliphatic carbocycles. The number of carbonyl (C=O) groups excluding carboxylic acids is 1. The van der Waals surface area contributed by atoms with Gasteiger partial charge in [-0.3, -0.25) is 4.79 Å². The van der Waals surface area contributed by atoms with Crippen LogP contribution >= 0.6 is 0 Å². The Morgan fingerprint density at radius 2 is 2.04 bits per heavy atom. The van der Waals surface area contributed by atoms with E-state index in [4.69, 9.17) is 9.47 Å². The van der Waals surface area contributed by atoms with Gasteiger partial charge in [-0.2, -0.15) is 0 Å². The van der Waals surface area contributed by atoms with Gasteiger partial charge >= 0.3 is 0 Å². The van der Waals surface area contributed by atoms with Gasteiger partial charge in [-0.25, -0.2) is 0 Å². The second-order valence-corrected chi connectivity index (χ2v) is 7.57. The van der Waals surface area contributed by atoms with Gasteiger partial charge in [0.25, 0.3) is 0 Å². The van der Waals surface area contributed by atoms with Crippen molar-refractivity contribution in [1.82, 2.24) is 4.90 Å². The second-order valence-electron chi connectivity index (χ2n) is 7.57. The first kappa shape index (κ1) is 15.8. The average molecular weight is 329 g/mol. The van der Waals surface area contributed by atoms with Crippen molar-refractivity contribution in [2.24, 2.45) is 17.8 Å². The minimum absolute atomic E-state index is 0.0798. The van der Waals surface area contributed by atoms with E-state index in [9.17, 15) is 4.79 Å². The quantitative estimate of drug-likeness (QED) is 0.830. The van der Waals surface area contributed by atoms with E-state index in [-0.39, 0.29) is 12.0 Å². The third-order valence-corrected chi connectivity index (χ3v) is 6.05.